The number of rotatable bonds is 17. The van der Waals surface area contributed by atoms with Crippen molar-refractivity contribution < 1.29 is 72.1 Å². The van der Waals surface area contributed by atoms with Crippen LogP contribution in [-0.4, -0.2) is 125 Å². The minimum Gasteiger partial charge on any atom is -0.481 e. The summed E-state index contributed by atoms with van der Waals surface area (Å²) in [5.74, 6) is -2.03. The lowest BCUT2D eigenvalue weighted by Gasteiger charge is -2.38. The van der Waals surface area contributed by atoms with Crippen LogP contribution in [0.2, 0.25) is 0 Å². The number of carbonyl (C=O) groups is 3. The van der Waals surface area contributed by atoms with Gasteiger partial charge in [0.15, 0.2) is 0 Å². The zero-order valence-corrected chi connectivity index (χ0v) is 59.9. The predicted molar refractivity (Wildman–Crippen MR) is 375 cm³/mol. The molecule has 23 heteroatoms. The SMILES string of the molecule is CC(=O)C1(c2ccc(CN3[C@@H](C)CC[C@H](c4ccccc4)S3(=O)=O)c(F)c2)CCOCC1.C[C@H]1CC[C@H](c2ccccc2)S(=O)(=O)N1Cc1ccc(C2(C(=O)NCC3CC3)CCOCC2)cc1F.C[C@H]1CC[C@H](c2ccccc2)S(=O)(=O)N1Cc1ccc(C2(C(=O)O)CCOCC2)cc1F. The van der Waals surface area contributed by atoms with Gasteiger partial charge in [-0.15, -0.1) is 0 Å². The second-order valence-corrected chi connectivity index (χ2v) is 34.5. The average Bonchev–Trinajstić information content (AvgIpc) is 0.852. The van der Waals surface area contributed by atoms with Crippen LogP contribution >= 0.6 is 0 Å². The van der Waals surface area contributed by atoms with Gasteiger partial charge < -0.3 is 24.6 Å². The molecule has 6 heterocycles. The summed E-state index contributed by atoms with van der Waals surface area (Å²) >= 11 is 0. The maximum Gasteiger partial charge on any atom is 0.314 e. The number of carbonyl (C=O) groups excluding carboxylic acids is 2. The lowest BCUT2D eigenvalue weighted by atomic mass is 9.71. The quantitative estimate of drug-likeness (QED) is 0.0868. The third-order valence-corrected chi connectivity index (χ3v) is 29.3. The van der Waals surface area contributed by atoms with Crippen LogP contribution in [-0.2, 0) is 94.5 Å². The first-order valence-corrected chi connectivity index (χ1v) is 39.6. The number of Topliss-reactive ketones (excluding diaryl/α,β-unsaturated/α-hetero) is 1. The first-order chi connectivity index (χ1) is 47.8. The number of amides is 1. The molecule has 6 aliphatic heterocycles. The van der Waals surface area contributed by atoms with Gasteiger partial charge in [-0.05, 0) is 175 Å². The summed E-state index contributed by atoms with van der Waals surface area (Å²) in [6, 6.07) is 41.0. The second-order valence-electron chi connectivity index (χ2n) is 28.3. The van der Waals surface area contributed by atoms with Gasteiger partial charge in [0.2, 0.25) is 36.0 Å². The highest BCUT2D eigenvalue weighted by atomic mass is 32.2. The van der Waals surface area contributed by atoms with E-state index in [9.17, 15) is 44.7 Å². The fourth-order valence-corrected chi connectivity index (χ4v) is 22.0. The maximum atomic E-state index is 15.5. The van der Waals surface area contributed by atoms with Crippen molar-refractivity contribution in [3.8, 4) is 0 Å². The minimum atomic E-state index is -3.68. The molecule has 100 heavy (non-hydrogen) atoms. The topological polar surface area (TPSA) is 223 Å². The number of ketones is 1. The Morgan fingerprint density at radius 1 is 0.440 bits per heavy atom. The third kappa shape index (κ3) is 15.8. The minimum absolute atomic E-state index is 0.00545. The van der Waals surface area contributed by atoms with Crippen LogP contribution in [0.4, 0.5) is 13.2 Å². The van der Waals surface area contributed by atoms with Crippen LogP contribution in [0.15, 0.2) is 146 Å². The summed E-state index contributed by atoms with van der Waals surface area (Å²) in [6.45, 7) is 10.1. The molecule has 6 aromatic carbocycles. The van der Waals surface area contributed by atoms with E-state index in [2.05, 4.69) is 5.32 Å². The first kappa shape index (κ1) is 74.5. The largest absolute Gasteiger partial charge is 0.481 e. The highest BCUT2D eigenvalue weighted by Crippen LogP contribution is 2.45. The van der Waals surface area contributed by atoms with E-state index in [1.54, 1.807) is 37.3 Å². The van der Waals surface area contributed by atoms with Crippen LogP contribution in [0, 0.1) is 23.4 Å². The summed E-state index contributed by atoms with van der Waals surface area (Å²) in [5, 5.41) is 11.0. The van der Waals surface area contributed by atoms with Crippen molar-refractivity contribution in [1.29, 1.82) is 0 Å². The molecule has 7 fully saturated rings. The highest BCUT2D eigenvalue weighted by molar-refractivity contribution is 7.90. The molecular formula is C77H93F3N4O13S3. The van der Waals surface area contributed by atoms with Crippen molar-refractivity contribution in [3.05, 3.63) is 213 Å². The fraction of sp³-hybridized carbons (Fsp3) is 0.494. The summed E-state index contributed by atoms with van der Waals surface area (Å²) in [4.78, 5) is 37.8. The molecular weight excluding hydrogens is 1340 g/mol. The molecule has 0 unspecified atom stereocenters. The Kier molecular flexibility index (Phi) is 23.5. The van der Waals surface area contributed by atoms with Gasteiger partial charge in [0.05, 0.1) is 16.2 Å². The number of hydrogen-bond acceptors (Lipinski definition) is 12. The summed E-state index contributed by atoms with van der Waals surface area (Å²) in [6.07, 6.45) is 8.61. The monoisotopic (exact) mass is 1430 g/mol. The Morgan fingerprint density at radius 2 is 0.740 bits per heavy atom. The van der Waals surface area contributed by atoms with Gasteiger partial charge >= 0.3 is 5.97 Å². The number of hydrogen-bond donors (Lipinski definition) is 2. The summed E-state index contributed by atoms with van der Waals surface area (Å²) in [7, 11) is -11.0. The zero-order valence-electron chi connectivity index (χ0n) is 57.4. The van der Waals surface area contributed by atoms with Crippen LogP contribution in [0.25, 0.3) is 0 Å². The molecule has 0 aromatic heterocycles. The zero-order chi connectivity index (χ0) is 71.2. The summed E-state index contributed by atoms with van der Waals surface area (Å²) in [5.41, 5.74) is 2.10. The van der Waals surface area contributed by atoms with Gasteiger partial charge in [-0.25, -0.2) is 38.4 Å². The van der Waals surface area contributed by atoms with Gasteiger partial charge in [0, 0.05) is 101 Å². The van der Waals surface area contributed by atoms with Gasteiger partial charge in [-0.2, -0.15) is 12.9 Å². The van der Waals surface area contributed by atoms with Gasteiger partial charge in [0.1, 0.15) is 39.0 Å². The molecule has 1 amide bonds. The number of halogens is 3. The molecule has 538 valence electrons. The van der Waals surface area contributed by atoms with Crippen molar-refractivity contribution in [2.45, 2.75) is 187 Å². The van der Waals surface area contributed by atoms with Crippen LogP contribution in [0.5, 0.6) is 0 Å². The number of benzene rings is 6. The third-order valence-electron chi connectivity index (χ3n) is 22.2. The molecule has 6 atom stereocenters. The molecule has 0 radical (unpaired) electrons. The number of aliphatic carboxylic acids is 1. The Morgan fingerprint density at radius 3 is 1.04 bits per heavy atom. The smallest absolute Gasteiger partial charge is 0.314 e. The van der Waals surface area contributed by atoms with Gasteiger partial charge in [0.25, 0.3) is 0 Å². The first-order valence-electron chi connectivity index (χ1n) is 35.1. The van der Waals surface area contributed by atoms with E-state index in [0.29, 0.717) is 144 Å². The molecule has 1 saturated carbocycles. The number of ether oxygens (including phenoxy) is 3. The molecule has 0 spiro atoms. The molecule has 17 nitrogen and oxygen atoms in total. The normalized spacial score (nSPS) is 25.5. The number of nitrogens with one attached hydrogen (secondary N) is 1. The molecule has 6 saturated heterocycles. The van der Waals surface area contributed by atoms with E-state index in [0.717, 1.165) is 29.5 Å². The Labute approximate surface area is 587 Å². The van der Waals surface area contributed by atoms with Crippen LogP contribution in [0.3, 0.4) is 0 Å². The predicted octanol–water partition coefficient (Wildman–Crippen LogP) is 13.0. The number of carboxylic acids is 1. The van der Waals surface area contributed by atoms with Crippen molar-refractivity contribution in [1.82, 2.24) is 18.2 Å². The highest BCUT2D eigenvalue weighted by Gasteiger charge is 2.48. The number of carboxylic acid groups (broad SMARTS) is 1. The summed E-state index contributed by atoms with van der Waals surface area (Å²) < 4.78 is 147. The van der Waals surface area contributed by atoms with Crippen molar-refractivity contribution >= 4 is 47.7 Å². The van der Waals surface area contributed by atoms with Crippen LogP contribution in [0.1, 0.15) is 183 Å². The number of nitrogens with zero attached hydrogens (tertiary/aromatic N) is 3. The van der Waals surface area contributed by atoms with Crippen molar-refractivity contribution in [3.63, 3.8) is 0 Å². The molecule has 7 aliphatic rings. The fourth-order valence-electron chi connectivity index (χ4n) is 15.5. The van der Waals surface area contributed by atoms with Gasteiger partial charge in [-0.1, -0.05) is 127 Å². The Bertz CT molecular complexity index is 4040. The molecule has 2 N–H and O–H groups in total. The van der Waals surface area contributed by atoms with E-state index in [4.69, 9.17) is 14.2 Å². The van der Waals surface area contributed by atoms with Crippen molar-refractivity contribution in [2.24, 2.45) is 5.92 Å². The Balaban J connectivity index is 0.000000152. The van der Waals surface area contributed by atoms with Gasteiger partial charge in [-0.3, -0.25) is 14.4 Å². The van der Waals surface area contributed by atoms with E-state index < -0.39 is 85.5 Å². The second kappa shape index (κ2) is 31.5. The molecule has 6 aromatic rings. The average molecular weight is 1440 g/mol. The van der Waals surface area contributed by atoms with E-state index in [-0.39, 0.29) is 67.9 Å². The molecule has 13 rings (SSSR count). The number of sulfonamides is 3. The van der Waals surface area contributed by atoms with E-state index in [1.165, 1.54) is 37.2 Å². The maximum absolute atomic E-state index is 15.5. The molecule has 1 aliphatic carbocycles. The standard InChI is InChI=1S/C28H35FN2O4S.C25H30FNO4S.C24H28FNO5S/c1-20-7-12-26(22-5-3-2-4-6-22)36(33,34)31(20)19-23-10-11-24(17-25(23)29)28(13-15-35-16-14-28)27(32)30-18-21-8-9-21;1-18-8-11-24(20-6-4-3-5-7-20)32(29,30)27(18)17-21-9-10-22(16-23(21)26)25(19(2)28)12-14-31-15-13-25;1-17-7-10-22(18-5-3-2-4-6-18)32(29,30)26(17)16-19-8-9-20(15-21(19)25)24(23(27)28)11-13-31-14-12-24/h2-6,10-11,17,20-21,26H,7-9,12-16,18-19H2,1H3,(H,30,32);3-7,9-10,16,18,24H,8,11-15,17H2,1-2H3;2-6,8-9,15,17,22H,7,10-14,16H2,1H3,(H,27,28)/t20-,26+;18-,24+;17-,22+/m000/s1. The molecule has 0 bridgehead atoms. The lowest BCUT2D eigenvalue weighted by Crippen LogP contribution is -2.48. The van der Waals surface area contributed by atoms with E-state index >= 15 is 13.2 Å². The lowest BCUT2D eigenvalue weighted by molar-refractivity contribution is -0.147. The van der Waals surface area contributed by atoms with Crippen LogP contribution < -0.4 is 5.32 Å². The van der Waals surface area contributed by atoms with E-state index in [1.807, 2.05) is 112 Å². The van der Waals surface area contributed by atoms with Crippen molar-refractivity contribution in [2.75, 3.05) is 46.2 Å². The Hall–Kier alpha value is -6.67.